The Balaban J connectivity index is 1.63. The topological polar surface area (TPSA) is 58.1 Å². The molecule has 0 aliphatic rings. The monoisotopic (exact) mass is 364 g/mol. The number of carbonyl (C=O) groups is 1. The summed E-state index contributed by atoms with van der Waals surface area (Å²) in [5, 5.41) is 3.39. The van der Waals surface area contributed by atoms with Crippen molar-refractivity contribution in [2.75, 3.05) is 5.32 Å². The van der Waals surface area contributed by atoms with Crippen LogP contribution in [0.3, 0.4) is 0 Å². The number of hydrazine groups is 1. The molecule has 0 bridgehead atoms. The van der Waals surface area contributed by atoms with Gasteiger partial charge in [0.15, 0.2) is 5.11 Å². The lowest BCUT2D eigenvalue weighted by Gasteiger charge is -2.14. The first-order chi connectivity index (χ1) is 12.7. The van der Waals surface area contributed by atoms with Crippen molar-refractivity contribution in [3.8, 4) is 5.69 Å². The highest BCUT2D eigenvalue weighted by Gasteiger charge is 2.12. The maximum Gasteiger partial charge on any atom is 0.271 e. The van der Waals surface area contributed by atoms with E-state index in [9.17, 15) is 4.79 Å². The first kappa shape index (κ1) is 17.7. The van der Waals surface area contributed by atoms with E-state index >= 15 is 0 Å². The SMILES string of the molecule is CCc1cccc(NC(=S)NNC(=O)c2ccccc2-n2cccc2)c1. The maximum absolute atomic E-state index is 12.5. The van der Waals surface area contributed by atoms with Gasteiger partial charge in [-0.2, -0.15) is 0 Å². The zero-order valence-corrected chi connectivity index (χ0v) is 15.2. The maximum atomic E-state index is 12.5. The Morgan fingerprint density at radius 2 is 1.77 bits per heavy atom. The van der Waals surface area contributed by atoms with Crippen LogP contribution in [0.15, 0.2) is 73.1 Å². The lowest BCUT2D eigenvalue weighted by atomic mass is 10.1. The Labute approximate surface area is 158 Å². The van der Waals surface area contributed by atoms with Crippen LogP contribution in [0, 0.1) is 0 Å². The average molecular weight is 364 g/mol. The van der Waals surface area contributed by atoms with Crippen LogP contribution in [-0.2, 0) is 6.42 Å². The van der Waals surface area contributed by atoms with Crippen LogP contribution in [0.25, 0.3) is 5.69 Å². The molecule has 0 atom stereocenters. The minimum atomic E-state index is -0.263. The van der Waals surface area contributed by atoms with Crippen molar-refractivity contribution in [1.29, 1.82) is 0 Å². The zero-order valence-electron chi connectivity index (χ0n) is 14.4. The van der Waals surface area contributed by atoms with E-state index in [4.69, 9.17) is 12.2 Å². The van der Waals surface area contributed by atoms with E-state index in [0.29, 0.717) is 10.7 Å². The van der Waals surface area contributed by atoms with E-state index < -0.39 is 0 Å². The van der Waals surface area contributed by atoms with Crippen molar-refractivity contribution in [3.63, 3.8) is 0 Å². The first-order valence-electron chi connectivity index (χ1n) is 8.36. The number of amides is 1. The second-order valence-electron chi connectivity index (χ2n) is 5.69. The van der Waals surface area contributed by atoms with Gasteiger partial charge in [0.25, 0.3) is 5.91 Å². The number of nitrogens with one attached hydrogen (secondary N) is 3. The molecular formula is C20H20N4OS. The van der Waals surface area contributed by atoms with E-state index in [0.717, 1.165) is 17.8 Å². The Hall–Kier alpha value is -3.12. The van der Waals surface area contributed by atoms with Crippen LogP contribution in [0.4, 0.5) is 5.69 Å². The van der Waals surface area contributed by atoms with E-state index in [1.54, 1.807) is 6.07 Å². The molecule has 1 amide bonds. The third-order valence-electron chi connectivity index (χ3n) is 3.91. The average Bonchev–Trinajstić information content (AvgIpc) is 3.21. The third-order valence-corrected chi connectivity index (χ3v) is 4.12. The molecule has 0 saturated carbocycles. The molecule has 3 rings (SSSR count). The van der Waals surface area contributed by atoms with E-state index in [1.165, 1.54) is 5.56 Å². The van der Waals surface area contributed by atoms with Gasteiger partial charge in [-0.3, -0.25) is 15.6 Å². The van der Waals surface area contributed by atoms with Gasteiger partial charge in [-0.1, -0.05) is 31.2 Å². The minimum Gasteiger partial charge on any atom is -0.331 e. The molecule has 0 radical (unpaired) electrons. The smallest absolute Gasteiger partial charge is 0.271 e. The van der Waals surface area contributed by atoms with Gasteiger partial charge in [-0.25, -0.2) is 0 Å². The molecule has 1 aromatic heterocycles. The van der Waals surface area contributed by atoms with Crippen molar-refractivity contribution >= 4 is 28.9 Å². The molecule has 0 fully saturated rings. The highest BCUT2D eigenvalue weighted by molar-refractivity contribution is 7.80. The lowest BCUT2D eigenvalue weighted by molar-refractivity contribution is 0.0944. The van der Waals surface area contributed by atoms with Gasteiger partial charge in [0.1, 0.15) is 0 Å². The third kappa shape index (κ3) is 4.29. The molecule has 2 aromatic carbocycles. The van der Waals surface area contributed by atoms with Gasteiger partial charge >= 0.3 is 0 Å². The summed E-state index contributed by atoms with van der Waals surface area (Å²) in [4.78, 5) is 12.5. The van der Waals surface area contributed by atoms with Crippen molar-refractivity contribution in [3.05, 3.63) is 84.2 Å². The highest BCUT2D eigenvalue weighted by Crippen LogP contribution is 2.14. The van der Waals surface area contributed by atoms with Crippen LogP contribution in [0.2, 0.25) is 0 Å². The number of hydrogen-bond donors (Lipinski definition) is 3. The van der Waals surface area contributed by atoms with Gasteiger partial charge in [0.2, 0.25) is 0 Å². The predicted octanol–water partition coefficient (Wildman–Crippen LogP) is 3.67. The van der Waals surface area contributed by atoms with E-state index in [1.807, 2.05) is 65.5 Å². The second kappa shape index (κ2) is 8.31. The molecule has 1 heterocycles. The molecule has 0 aliphatic carbocycles. The number of benzene rings is 2. The Bertz CT molecular complexity index is 906. The molecule has 3 N–H and O–H groups in total. The molecule has 3 aromatic rings. The van der Waals surface area contributed by atoms with Crippen molar-refractivity contribution in [1.82, 2.24) is 15.4 Å². The quantitative estimate of drug-likeness (QED) is 0.488. The second-order valence-corrected chi connectivity index (χ2v) is 6.10. The fourth-order valence-corrected chi connectivity index (χ4v) is 2.77. The summed E-state index contributed by atoms with van der Waals surface area (Å²) in [6, 6.07) is 19.2. The number of para-hydroxylation sites is 1. The fourth-order valence-electron chi connectivity index (χ4n) is 2.60. The lowest BCUT2D eigenvalue weighted by Crippen LogP contribution is -2.44. The number of anilines is 1. The molecule has 0 unspecified atom stereocenters. The molecule has 26 heavy (non-hydrogen) atoms. The molecular weight excluding hydrogens is 344 g/mol. The number of hydrogen-bond acceptors (Lipinski definition) is 2. The van der Waals surface area contributed by atoms with Crippen molar-refractivity contribution in [2.45, 2.75) is 13.3 Å². The van der Waals surface area contributed by atoms with Crippen LogP contribution in [-0.4, -0.2) is 15.6 Å². The van der Waals surface area contributed by atoms with E-state index in [2.05, 4.69) is 29.2 Å². The summed E-state index contributed by atoms with van der Waals surface area (Å²) in [7, 11) is 0. The Morgan fingerprint density at radius 1 is 1.00 bits per heavy atom. The summed E-state index contributed by atoms with van der Waals surface area (Å²) in [5.41, 5.74) is 8.83. The fraction of sp³-hybridized carbons (Fsp3) is 0.100. The number of aromatic nitrogens is 1. The van der Waals surface area contributed by atoms with Crippen LogP contribution >= 0.6 is 12.2 Å². The summed E-state index contributed by atoms with van der Waals surface area (Å²) in [6.07, 6.45) is 4.74. The molecule has 0 spiro atoms. The van der Waals surface area contributed by atoms with Gasteiger partial charge < -0.3 is 9.88 Å². The van der Waals surface area contributed by atoms with Crippen LogP contribution in [0.1, 0.15) is 22.8 Å². The Morgan fingerprint density at radius 3 is 2.54 bits per heavy atom. The predicted molar refractivity (Wildman–Crippen MR) is 108 cm³/mol. The first-order valence-corrected chi connectivity index (χ1v) is 8.77. The molecule has 0 saturated heterocycles. The molecule has 6 heteroatoms. The number of thiocarbonyl (C=S) groups is 1. The summed E-state index contributed by atoms with van der Waals surface area (Å²) in [5.74, 6) is -0.263. The largest absolute Gasteiger partial charge is 0.331 e. The number of aryl methyl sites for hydroxylation is 1. The van der Waals surface area contributed by atoms with E-state index in [-0.39, 0.29) is 5.91 Å². The van der Waals surface area contributed by atoms with Crippen LogP contribution in [0.5, 0.6) is 0 Å². The van der Waals surface area contributed by atoms with Gasteiger partial charge in [0, 0.05) is 18.1 Å². The van der Waals surface area contributed by atoms with Gasteiger partial charge in [0.05, 0.1) is 11.3 Å². The summed E-state index contributed by atoms with van der Waals surface area (Å²) < 4.78 is 1.89. The number of nitrogens with zero attached hydrogens (tertiary/aromatic N) is 1. The highest BCUT2D eigenvalue weighted by atomic mass is 32.1. The normalized spacial score (nSPS) is 10.2. The molecule has 0 aliphatic heterocycles. The Kier molecular flexibility index (Phi) is 5.66. The minimum absolute atomic E-state index is 0.263. The number of rotatable bonds is 4. The standard InChI is InChI=1S/C20H20N4OS/c1-2-15-8-7-9-16(14-15)21-20(26)23-22-19(25)17-10-3-4-11-18(17)24-12-5-6-13-24/h3-14H,2H2,1H3,(H,22,25)(H2,21,23,26). The molecule has 5 nitrogen and oxygen atoms in total. The van der Waals surface area contributed by atoms with Crippen molar-refractivity contribution in [2.24, 2.45) is 0 Å². The van der Waals surface area contributed by atoms with Gasteiger partial charge in [-0.15, -0.1) is 0 Å². The summed E-state index contributed by atoms with van der Waals surface area (Å²) >= 11 is 5.25. The van der Waals surface area contributed by atoms with Crippen LogP contribution < -0.4 is 16.2 Å². The summed E-state index contributed by atoms with van der Waals surface area (Å²) in [6.45, 7) is 2.10. The molecule has 132 valence electrons. The zero-order chi connectivity index (χ0) is 18.4. The number of carbonyl (C=O) groups excluding carboxylic acids is 1. The van der Waals surface area contributed by atoms with Crippen molar-refractivity contribution < 1.29 is 4.79 Å². The van der Waals surface area contributed by atoms with Gasteiger partial charge in [-0.05, 0) is 60.6 Å².